The fraction of sp³-hybridized carbons (Fsp3) is 1.00. The molecule has 0 amide bonds. The summed E-state index contributed by atoms with van der Waals surface area (Å²) in [5.74, 6) is -0.122. The Balaban J connectivity index is 3.75. The molecular weight excluding hydrogens is 140 g/mol. The van der Waals surface area contributed by atoms with Gasteiger partial charge in [0, 0.05) is 6.04 Å². The second-order valence-electron chi connectivity index (χ2n) is 2.00. The summed E-state index contributed by atoms with van der Waals surface area (Å²) in [5, 5.41) is 4.70. The fourth-order valence-corrected chi connectivity index (χ4v) is 1.25. The molecule has 0 bridgehead atoms. The van der Waals surface area contributed by atoms with Crippen LogP contribution in [0.5, 0.6) is 0 Å². The molecule has 0 aliphatic rings. The second-order valence-corrected chi connectivity index (χ2v) is 3.66. The van der Waals surface area contributed by atoms with Gasteiger partial charge in [-0.15, -0.1) is 0 Å². The Morgan fingerprint density at radius 1 is 1.56 bits per heavy atom. The van der Waals surface area contributed by atoms with Crippen molar-refractivity contribution in [3.63, 3.8) is 0 Å². The van der Waals surface area contributed by atoms with Crippen molar-refractivity contribution < 1.29 is 8.42 Å². The van der Waals surface area contributed by atoms with Crippen LogP contribution in [-0.2, 0) is 10.0 Å². The lowest BCUT2D eigenvalue weighted by Gasteiger charge is -2.04. The van der Waals surface area contributed by atoms with Gasteiger partial charge >= 0.3 is 0 Å². The summed E-state index contributed by atoms with van der Waals surface area (Å²) in [6.07, 6.45) is 0.635. The molecule has 0 radical (unpaired) electrons. The van der Waals surface area contributed by atoms with Gasteiger partial charge in [0.05, 0.1) is 5.75 Å². The Hall–Kier alpha value is -0.130. The standard InChI is InChI=1S/C4H12N2O2S/c1-2-4(5)3-9(6,7)8/h4H,2-3,5H2,1H3,(H2,6,7,8). The molecule has 0 aromatic heterocycles. The van der Waals surface area contributed by atoms with Gasteiger partial charge < -0.3 is 5.73 Å². The minimum Gasteiger partial charge on any atom is -0.327 e. The molecule has 56 valence electrons. The Kier molecular flexibility index (Phi) is 3.10. The zero-order chi connectivity index (χ0) is 7.49. The summed E-state index contributed by atoms with van der Waals surface area (Å²) in [6, 6.07) is -0.319. The lowest BCUT2D eigenvalue weighted by atomic mass is 10.3. The molecule has 0 fully saturated rings. The van der Waals surface area contributed by atoms with Crippen molar-refractivity contribution in [3.05, 3.63) is 0 Å². The third-order valence-corrected chi connectivity index (χ3v) is 1.86. The average molecular weight is 152 g/mol. The molecule has 0 spiro atoms. The fourth-order valence-electron chi connectivity index (χ4n) is 0.416. The van der Waals surface area contributed by atoms with E-state index in [1.54, 1.807) is 0 Å². The maximum atomic E-state index is 10.3. The highest BCUT2D eigenvalue weighted by Gasteiger charge is 2.07. The van der Waals surface area contributed by atoms with E-state index in [1.807, 2.05) is 6.92 Å². The Morgan fingerprint density at radius 3 is 2.11 bits per heavy atom. The van der Waals surface area contributed by atoms with Crippen molar-refractivity contribution in [2.45, 2.75) is 19.4 Å². The number of hydrogen-bond acceptors (Lipinski definition) is 3. The van der Waals surface area contributed by atoms with Crippen molar-refractivity contribution in [1.82, 2.24) is 0 Å². The van der Waals surface area contributed by atoms with E-state index < -0.39 is 10.0 Å². The summed E-state index contributed by atoms with van der Waals surface area (Å²) in [6.45, 7) is 1.82. The maximum absolute atomic E-state index is 10.3. The van der Waals surface area contributed by atoms with Crippen LogP contribution >= 0.6 is 0 Å². The summed E-state index contributed by atoms with van der Waals surface area (Å²) < 4.78 is 20.6. The monoisotopic (exact) mass is 152 g/mol. The summed E-state index contributed by atoms with van der Waals surface area (Å²) in [7, 11) is -3.36. The molecule has 9 heavy (non-hydrogen) atoms. The van der Waals surface area contributed by atoms with Crippen LogP contribution in [0.25, 0.3) is 0 Å². The van der Waals surface area contributed by atoms with Gasteiger partial charge in [0.2, 0.25) is 10.0 Å². The van der Waals surface area contributed by atoms with Crippen molar-refractivity contribution >= 4 is 10.0 Å². The van der Waals surface area contributed by atoms with Crippen LogP contribution in [0.3, 0.4) is 0 Å². The van der Waals surface area contributed by atoms with E-state index in [0.29, 0.717) is 6.42 Å². The van der Waals surface area contributed by atoms with Crippen molar-refractivity contribution in [2.75, 3.05) is 5.75 Å². The van der Waals surface area contributed by atoms with Crippen LogP contribution in [0.2, 0.25) is 0 Å². The largest absolute Gasteiger partial charge is 0.327 e. The molecule has 0 rings (SSSR count). The highest BCUT2D eigenvalue weighted by atomic mass is 32.2. The SMILES string of the molecule is CCC(N)CS(N)(=O)=O. The second kappa shape index (κ2) is 3.14. The van der Waals surface area contributed by atoms with Crippen LogP contribution < -0.4 is 10.9 Å². The van der Waals surface area contributed by atoms with Gasteiger partial charge in [-0.2, -0.15) is 0 Å². The van der Waals surface area contributed by atoms with Gasteiger partial charge in [-0.05, 0) is 6.42 Å². The van der Waals surface area contributed by atoms with E-state index in [4.69, 9.17) is 10.9 Å². The molecule has 0 aromatic rings. The number of sulfonamides is 1. The van der Waals surface area contributed by atoms with Crippen LogP contribution in [0.4, 0.5) is 0 Å². The van der Waals surface area contributed by atoms with E-state index in [-0.39, 0.29) is 11.8 Å². The number of rotatable bonds is 3. The molecular formula is C4H12N2O2S. The van der Waals surface area contributed by atoms with E-state index >= 15 is 0 Å². The third-order valence-electron chi connectivity index (χ3n) is 0.971. The molecule has 0 saturated heterocycles. The number of hydrogen-bond donors (Lipinski definition) is 2. The summed E-state index contributed by atoms with van der Waals surface area (Å²) >= 11 is 0. The lowest BCUT2D eigenvalue weighted by Crippen LogP contribution is -2.32. The van der Waals surface area contributed by atoms with Gasteiger partial charge in [0.1, 0.15) is 0 Å². The smallest absolute Gasteiger partial charge is 0.210 e. The van der Waals surface area contributed by atoms with Crippen molar-refractivity contribution in [3.8, 4) is 0 Å². The Bertz CT molecular complexity index is 163. The molecule has 5 heteroatoms. The van der Waals surface area contributed by atoms with Crippen molar-refractivity contribution in [2.24, 2.45) is 10.9 Å². The number of nitrogens with two attached hydrogens (primary N) is 2. The van der Waals surface area contributed by atoms with E-state index in [2.05, 4.69) is 0 Å². The lowest BCUT2D eigenvalue weighted by molar-refractivity contribution is 0.585. The normalized spacial score (nSPS) is 15.4. The average Bonchev–Trinajstić information content (AvgIpc) is 1.62. The van der Waals surface area contributed by atoms with Crippen LogP contribution in [0.1, 0.15) is 13.3 Å². The highest BCUT2D eigenvalue weighted by Crippen LogP contribution is 1.88. The molecule has 1 unspecified atom stereocenters. The maximum Gasteiger partial charge on any atom is 0.210 e. The predicted molar refractivity (Wildman–Crippen MR) is 36.2 cm³/mol. The molecule has 4 N–H and O–H groups in total. The zero-order valence-electron chi connectivity index (χ0n) is 5.37. The minimum atomic E-state index is -3.36. The van der Waals surface area contributed by atoms with Gasteiger partial charge in [0.25, 0.3) is 0 Å². The first-order valence-corrected chi connectivity index (χ1v) is 4.43. The Labute approximate surface area is 55.3 Å². The first-order valence-electron chi connectivity index (χ1n) is 2.71. The Morgan fingerprint density at radius 2 is 2.00 bits per heavy atom. The van der Waals surface area contributed by atoms with Crippen LogP contribution in [-0.4, -0.2) is 20.2 Å². The molecule has 0 aliphatic carbocycles. The summed E-state index contributed by atoms with van der Waals surface area (Å²) in [4.78, 5) is 0. The van der Waals surface area contributed by atoms with Gasteiger partial charge in [0.15, 0.2) is 0 Å². The minimum absolute atomic E-state index is 0.122. The highest BCUT2D eigenvalue weighted by molar-refractivity contribution is 7.89. The van der Waals surface area contributed by atoms with Crippen LogP contribution in [0, 0.1) is 0 Å². The van der Waals surface area contributed by atoms with Crippen LogP contribution in [0.15, 0.2) is 0 Å². The molecule has 0 heterocycles. The third kappa shape index (κ3) is 5.75. The first-order chi connectivity index (χ1) is 3.95. The van der Waals surface area contributed by atoms with E-state index in [1.165, 1.54) is 0 Å². The molecule has 0 saturated carbocycles. The van der Waals surface area contributed by atoms with E-state index in [9.17, 15) is 8.42 Å². The van der Waals surface area contributed by atoms with Gasteiger partial charge in [-0.1, -0.05) is 6.92 Å². The van der Waals surface area contributed by atoms with Gasteiger partial charge in [-0.3, -0.25) is 0 Å². The first kappa shape index (κ1) is 8.87. The molecule has 4 nitrogen and oxygen atoms in total. The molecule has 1 atom stereocenters. The molecule has 0 aromatic carbocycles. The quantitative estimate of drug-likeness (QED) is 0.544. The van der Waals surface area contributed by atoms with Crippen molar-refractivity contribution in [1.29, 1.82) is 0 Å². The van der Waals surface area contributed by atoms with E-state index in [0.717, 1.165) is 0 Å². The number of primary sulfonamides is 1. The van der Waals surface area contributed by atoms with Gasteiger partial charge in [-0.25, -0.2) is 13.6 Å². The molecule has 0 aliphatic heterocycles. The zero-order valence-corrected chi connectivity index (χ0v) is 6.19. The topological polar surface area (TPSA) is 86.2 Å². The summed E-state index contributed by atoms with van der Waals surface area (Å²) in [5.41, 5.74) is 5.30. The predicted octanol–water partition coefficient (Wildman–Crippen LogP) is -0.988.